The summed E-state index contributed by atoms with van der Waals surface area (Å²) in [5.41, 5.74) is 0.425. The molecule has 0 radical (unpaired) electrons. The van der Waals surface area contributed by atoms with Crippen molar-refractivity contribution in [3.8, 4) is 0 Å². The molecule has 1 aromatic carbocycles. The molecular formula is C16H20FNO4. The Hall–Kier alpha value is -1.95. The number of benzene rings is 1. The van der Waals surface area contributed by atoms with Crippen LogP contribution in [-0.2, 0) is 25.6 Å². The Morgan fingerprint density at radius 3 is 2.68 bits per heavy atom. The van der Waals surface area contributed by atoms with Crippen LogP contribution in [0.5, 0.6) is 0 Å². The van der Waals surface area contributed by atoms with E-state index in [1.54, 1.807) is 25.2 Å². The van der Waals surface area contributed by atoms with Gasteiger partial charge in [0.15, 0.2) is 6.61 Å². The van der Waals surface area contributed by atoms with Gasteiger partial charge in [0.25, 0.3) is 5.91 Å². The molecule has 0 N–H and O–H groups in total. The molecule has 0 atom stereocenters. The minimum atomic E-state index is -0.365. The quantitative estimate of drug-likeness (QED) is 0.778. The number of ether oxygens (including phenoxy) is 2. The highest BCUT2D eigenvalue weighted by molar-refractivity contribution is 5.81. The first kappa shape index (κ1) is 16.4. The van der Waals surface area contributed by atoms with Crippen molar-refractivity contribution in [2.45, 2.75) is 19.4 Å². The van der Waals surface area contributed by atoms with Crippen LogP contribution in [0.2, 0.25) is 0 Å². The minimum absolute atomic E-state index is 0.139. The number of hydrogen-bond acceptors (Lipinski definition) is 4. The first-order valence-electron chi connectivity index (χ1n) is 7.29. The van der Waals surface area contributed by atoms with Crippen LogP contribution in [0.4, 0.5) is 4.39 Å². The molecule has 1 aromatic rings. The van der Waals surface area contributed by atoms with E-state index >= 15 is 0 Å². The average molecular weight is 309 g/mol. The van der Waals surface area contributed by atoms with Gasteiger partial charge in [0.2, 0.25) is 0 Å². The van der Waals surface area contributed by atoms with Gasteiger partial charge in [0, 0.05) is 32.4 Å². The van der Waals surface area contributed by atoms with Crippen LogP contribution in [0.25, 0.3) is 0 Å². The lowest BCUT2D eigenvalue weighted by Gasteiger charge is -2.21. The van der Waals surface area contributed by atoms with Gasteiger partial charge in [-0.2, -0.15) is 0 Å². The fraction of sp³-hybridized carbons (Fsp3) is 0.500. The van der Waals surface area contributed by atoms with Gasteiger partial charge in [-0.1, -0.05) is 18.2 Å². The molecule has 6 heteroatoms. The van der Waals surface area contributed by atoms with Gasteiger partial charge in [0.05, 0.1) is 5.92 Å². The zero-order valence-electron chi connectivity index (χ0n) is 12.6. The van der Waals surface area contributed by atoms with E-state index in [2.05, 4.69) is 0 Å². The number of carbonyl (C=O) groups is 2. The number of rotatable bonds is 5. The molecule has 120 valence electrons. The summed E-state index contributed by atoms with van der Waals surface area (Å²) >= 11 is 0. The molecule has 0 spiro atoms. The van der Waals surface area contributed by atoms with Gasteiger partial charge >= 0.3 is 5.97 Å². The Labute approximate surface area is 129 Å². The largest absolute Gasteiger partial charge is 0.455 e. The predicted molar refractivity (Wildman–Crippen MR) is 77.4 cm³/mol. The summed E-state index contributed by atoms with van der Waals surface area (Å²) in [4.78, 5) is 25.1. The number of carbonyl (C=O) groups excluding carboxylic acids is 2. The van der Waals surface area contributed by atoms with Crippen molar-refractivity contribution in [3.63, 3.8) is 0 Å². The van der Waals surface area contributed by atoms with Gasteiger partial charge in [-0.15, -0.1) is 0 Å². The third-order valence-electron chi connectivity index (χ3n) is 3.68. The molecule has 22 heavy (non-hydrogen) atoms. The molecular weight excluding hydrogens is 289 g/mol. The number of halogens is 1. The standard InChI is InChI=1S/C16H20FNO4/c1-18(10-13-4-2-3-5-14(13)17)15(19)11-22-16(20)12-6-8-21-9-7-12/h2-5,12H,6-11H2,1H3. The summed E-state index contributed by atoms with van der Waals surface area (Å²) in [6, 6.07) is 6.27. The van der Waals surface area contributed by atoms with Crippen molar-refractivity contribution in [1.29, 1.82) is 0 Å². The smallest absolute Gasteiger partial charge is 0.309 e. The molecule has 0 saturated carbocycles. The van der Waals surface area contributed by atoms with Crippen molar-refractivity contribution in [2.24, 2.45) is 5.92 Å². The maximum Gasteiger partial charge on any atom is 0.309 e. The minimum Gasteiger partial charge on any atom is -0.455 e. The summed E-state index contributed by atoms with van der Waals surface area (Å²) < 4.78 is 23.8. The highest BCUT2D eigenvalue weighted by Crippen LogP contribution is 2.16. The lowest BCUT2D eigenvalue weighted by atomic mass is 10.0. The second-order valence-electron chi connectivity index (χ2n) is 5.34. The maximum atomic E-state index is 13.5. The van der Waals surface area contributed by atoms with Crippen LogP contribution < -0.4 is 0 Å². The number of esters is 1. The Bertz CT molecular complexity index is 529. The Morgan fingerprint density at radius 1 is 1.32 bits per heavy atom. The van der Waals surface area contributed by atoms with Crippen LogP contribution >= 0.6 is 0 Å². The summed E-state index contributed by atoms with van der Waals surface area (Å²) in [6.07, 6.45) is 1.25. The fourth-order valence-corrected chi connectivity index (χ4v) is 2.26. The molecule has 2 rings (SSSR count). The Kier molecular flexibility index (Phi) is 5.89. The third-order valence-corrected chi connectivity index (χ3v) is 3.68. The molecule has 1 fully saturated rings. The molecule has 1 aliphatic rings. The van der Waals surface area contributed by atoms with Gasteiger partial charge in [0.1, 0.15) is 5.82 Å². The predicted octanol–water partition coefficient (Wildman–Crippen LogP) is 1.75. The lowest BCUT2D eigenvalue weighted by Crippen LogP contribution is -2.33. The van der Waals surface area contributed by atoms with Crippen LogP contribution in [0, 0.1) is 11.7 Å². The van der Waals surface area contributed by atoms with E-state index in [1.165, 1.54) is 11.0 Å². The third kappa shape index (κ3) is 4.53. The van der Waals surface area contributed by atoms with Crippen molar-refractivity contribution >= 4 is 11.9 Å². The van der Waals surface area contributed by atoms with Crippen molar-refractivity contribution in [1.82, 2.24) is 4.90 Å². The summed E-state index contributed by atoms with van der Waals surface area (Å²) in [5.74, 6) is -1.28. The topological polar surface area (TPSA) is 55.8 Å². The van der Waals surface area contributed by atoms with E-state index in [1.807, 2.05) is 0 Å². The van der Waals surface area contributed by atoms with E-state index in [0.717, 1.165) is 0 Å². The molecule has 1 aliphatic heterocycles. The molecule has 0 aliphatic carbocycles. The molecule has 0 aromatic heterocycles. The molecule has 0 unspecified atom stereocenters. The first-order chi connectivity index (χ1) is 10.6. The molecule has 1 amide bonds. The Morgan fingerprint density at radius 2 is 2.00 bits per heavy atom. The van der Waals surface area contributed by atoms with E-state index in [9.17, 15) is 14.0 Å². The lowest BCUT2D eigenvalue weighted by molar-refractivity contribution is -0.157. The number of nitrogens with zero attached hydrogens (tertiary/aromatic N) is 1. The van der Waals surface area contributed by atoms with E-state index in [0.29, 0.717) is 31.6 Å². The van der Waals surface area contributed by atoms with Gasteiger partial charge in [-0.3, -0.25) is 9.59 Å². The van der Waals surface area contributed by atoms with Crippen LogP contribution in [0.15, 0.2) is 24.3 Å². The second-order valence-corrected chi connectivity index (χ2v) is 5.34. The van der Waals surface area contributed by atoms with Crippen molar-refractivity contribution in [3.05, 3.63) is 35.6 Å². The number of likely N-dealkylation sites (N-methyl/N-ethyl adjacent to an activating group) is 1. The zero-order chi connectivity index (χ0) is 15.9. The molecule has 1 saturated heterocycles. The van der Waals surface area contributed by atoms with Crippen molar-refractivity contribution < 1.29 is 23.5 Å². The maximum absolute atomic E-state index is 13.5. The summed E-state index contributed by atoms with van der Waals surface area (Å²) in [6.45, 7) is 0.906. The van der Waals surface area contributed by atoms with E-state index < -0.39 is 0 Å². The van der Waals surface area contributed by atoms with Gasteiger partial charge in [-0.05, 0) is 18.9 Å². The first-order valence-corrected chi connectivity index (χ1v) is 7.29. The SMILES string of the molecule is CN(Cc1ccccc1F)C(=O)COC(=O)C1CCOCC1. The highest BCUT2D eigenvalue weighted by Gasteiger charge is 2.24. The van der Waals surface area contributed by atoms with Crippen LogP contribution in [0.1, 0.15) is 18.4 Å². The summed E-state index contributed by atoms with van der Waals surface area (Å²) in [7, 11) is 1.55. The number of hydrogen-bond donors (Lipinski definition) is 0. The molecule has 1 heterocycles. The van der Waals surface area contributed by atoms with Crippen molar-refractivity contribution in [2.75, 3.05) is 26.9 Å². The molecule has 0 bridgehead atoms. The fourth-order valence-electron chi connectivity index (χ4n) is 2.26. The van der Waals surface area contributed by atoms with E-state index in [4.69, 9.17) is 9.47 Å². The highest BCUT2D eigenvalue weighted by atomic mass is 19.1. The average Bonchev–Trinajstić information content (AvgIpc) is 2.55. The zero-order valence-corrected chi connectivity index (χ0v) is 12.6. The van der Waals surface area contributed by atoms with Gasteiger partial charge < -0.3 is 14.4 Å². The number of amides is 1. The Balaban J connectivity index is 1.79. The summed E-state index contributed by atoms with van der Waals surface area (Å²) in [5, 5.41) is 0. The van der Waals surface area contributed by atoms with E-state index in [-0.39, 0.29) is 36.8 Å². The molecule has 5 nitrogen and oxygen atoms in total. The second kappa shape index (κ2) is 7.89. The monoisotopic (exact) mass is 309 g/mol. The van der Waals surface area contributed by atoms with Crippen LogP contribution in [0.3, 0.4) is 0 Å². The van der Waals surface area contributed by atoms with Crippen LogP contribution in [-0.4, -0.2) is 43.6 Å². The normalized spacial score (nSPS) is 15.4. The van der Waals surface area contributed by atoms with Gasteiger partial charge in [-0.25, -0.2) is 4.39 Å².